The first-order chi connectivity index (χ1) is 14.9. The summed E-state index contributed by atoms with van der Waals surface area (Å²) in [6, 6.07) is 5.55. The molecule has 8 nitrogen and oxygen atoms in total. The predicted molar refractivity (Wildman–Crippen MR) is 114 cm³/mol. The Hall–Kier alpha value is -2.92. The van der Waals surface area contributed by atoms with Crippen LogP contribution < -0.4 is 10.3 Å². The molecule has 2 aliphatic rings. The second kappa shape index (κ2) is 7.34. The molecular weight excluding hydrogens is 426 g/mol. The highest BCUT2D eigenvalue weighted by Crippen LogP contribution is 2.45. The maximum absolute atomic E-state index is 15.2. The zero-order valence-corrected chi connectivity index (χ0v) is 17.5. The normalized spacial score (nSPS) is 18.7. The monoisotopic (exact) mass is 446 g/mol. The quantitative estimate of drug-likeness (QED) is 0.583. The highest BCUT2D eigenvalue weighted by Gasteiger charge is 2.45. The number of hydrogen-bond acceptors (Lipinski definition) is 6. The van der Waals surface area contributed by atoms with E-state index in [1.807, 2.05) is 10.6 Å². The summed E-state index contributed by atoms with van der Waals surface area (Å²) in [5.41, 5.74) is -0.262. The van der Waals surface area contributed by atoms with Crippen molar-refractivity contribution >= 4 is 45.5 Å². The van der Waals surface area contributed by atoms with Crippen LogP contribution in [0.4, 0.5) is 26.2 Å². The minimum absolute atomic E-state index is 0.0443. The Labute approximate surface area is 179 Å². The highest BCUT2D eigenvalue weighted by atomic mass is 32.2. The molecule has 1 aliphatic carbocycles. The largest absolute Gasteiger partial charge is 0.322 e. The van der Waals surface area contributed by atoms with Crippen molar-refractivity contribution in [1.29, 1.82) is 0 Å². The van der Waals surface area contributed by atoms with Gasteiger partial charge in [0, 0.05) is 18.6 Å². The summed E-state index contributed by atoms with van der Waals surface area (Å²) in [5, 5.41) is 9.16. The van der Waals surface area contributed by atoms with Crippen LogP contribution in [-0.2, 0) is 16.6 Å². The lowest BCUT2D eigenvalue weighted by Crippen LogP contribution is -2.46. The van der Waals surface area contributed by atoms with E-state index in [1.165, 1.54) is 17.1 Å². The number of fused-ring (bicyclic) bond motifs is 4. The van der Waals surface area contributed by atoms with Crippen molar-refractivity contribution in [3.8, 4) is 0 Å². The second-order valence-electron chi connectivity index (χ2n) is 7.83. The Morgan fingerprint density at radius 2 is 1.97 bits per heavy atom. The van der Waals surface area contributed by atoms with Gasteiger partial charge in [-0.2, -0.15) is 9.37 Å². The van der Waals surface area contributed by atoms with Crippen LogP contribution in [0.2, 0.25) is 0 Å². The van der Waals surface area contributed by atoms with Crippen molar-refractivity contribution in [3.05, 3.63) is 36.3 Å². The van der Waals surface area contributed by atoms with Gasteiger partial charge < -0.3 is 9.87 Å². The van der Waals surface area contributed by atoms with Crippen molar-refractivity contribution in [2.45, 2.75) is 42.5 Å². The number of anilines is 3. The van der Waals surface area contributed by atoms with E-state index >= 15 is 4.39 Å². The van der Waals surface area contributed by atoms with E-state index in [4.69, 9.17) is 4.55 Å². The van der Waals surface area contributed by atoms with Gasteiger partial charge >= 0.3 is 0 Å². The van der Waals surface area contributed by atoms with E-state index in [-0.39, 0.29) is 16.5 Å². The van der Waals surface area contributed by atoms with Gasteiger partial charge in [-0.05, 0) is 37.1 Å². The maximum Gasteiger partial charge on any atom is 0.233 e. The van der Waals surface area contributed by atoms with Crippen LogP contribution in [0.5, 0.6) is 0 Å². The third kappa shape index (κ3) is 3.19. The van der Waals surface area contributed by atoms with Crippen LogP contribution in [0, 0.1) is 5.82 Å². The molecule has 0 saturated heterocycles. The summed E-state index contributed by atoms with van der Waals surface area (Å²) in [4.78, 5) is 8.79. The lowest BCUT2D eigenvalue weighted by atomic mass is 9.81. The van der Waals surface area contributed by atoms with Gasteiger partial charge in [0.05, 0.1) is 10.6 Å². The molecule has 0 radical (unpaired) electrons. The molecule has 1 atom stereocenters. The smallest absolute Gasteiger partial charge is 0.233 e. The first kappa shape index (κ1) is 20.0. The molecule has 1 fully saturated rings. The number of nitrogens with one attached hydrogen (secondary N) is 1. The highest BCUT2D eigenvalue weighted by molar-refractivity contribution is 7.79. The lowest BCUT2D eigenvalue weighted by Gasteiger charge is -2.41. The van der Waals surface area contributed by atoms with Crippen LogP contribution in [0.15, 0.2) is 40.5 Å². The van der Waals surface area contributed by atoms with Gasteiger partial charge in [0.1, 0.15) is 22.8 Å². The standard InChI is InChI=1S/C20H20F2N6O2S/c1-27-16-9-12-11-23-19(24-15-6-5-13(31(29)30)10-14(15)21)25-17(12)28(16)20(18(22)26-27)7-3-2-4-8-20/h5-6,9-11H,2-4,7-8H2,1H3,(H,29,30)(H,23,24,25). The van der Waals surface area contributed by atoms with Gasteiger partial charge in [0.25, 0.3) is 0 Å². The van der Waals surface area contributed by atoms with E-state index in [9.17, 15) is 8.60 Å². The molecule has 1 aromatic carbocycles. The molecule has 1 aliphatic heterocycles. The van der Waals surface area contributed by atoms with Crippen molar-refractivity contribution in [3.63, 3.8) is 0 Å². The van der Waals surface area contributed by atoms with Crippen molar-refractivity contribution in [2.75, 3.05) is 17.4 Å². The number of hydrazone groups is 1. The molecule has 3 heterocycles. The Balaban J connectivity index is 1.59. The maximum atomic E-state index is 15.2. The lowest BCUT2D eigenvalue weighted by molar-refractivity contribution is 0.263. The van der Waals surface area contributed by atoms with Crippen LogP contribution in [0.3, 0.4) is 0 Å². The summed E-state index contributed by atoms with van der Waals surface area (Å²) >= 11 is -2.28. The summed E-state index contributed by atoms with van der Waals surface area (Å²) in [6.45, 7) is 0. The fraction of sp³-hybridized carbons (Fsp3) is 0.350. The molecule has 2 aromatic heterocycles. The molecule has 162 valence electrons. The SMILES string of the molecule is CN1N=C(F)C2(CCCCC2)n2c1cc1cnc(Nc3ccc(S(=O)O)cc3F)nc12. The van der Waals surface area contributed by atoms with Gasteiger partial charge in [-0.3, -0.25) is 4.57 Å². The molecule has 0 amide bonds. The van der Waals surface area contributed by atoms with Gasteiger partial charge in [-0.15, -0.1) is 5.10 Å². The summed E-state index contributed by atoms with van der Waals surface area (Å²) < 4.78 is 51.7. The zero-order chi connectivity index (χ0) is 21.8. The van der Waals surface area contributed by atoms with Crippen LogP contribution in [0.1, 0.15) is 32.1 Å². The molecule has 1 spiro atoms. The van der Waals surface area contributed by atoms with Crippen molar-refractivity contribution in [1.82, 2.24) is 14.5 Å². The first-order valence-corrected chi connectivity index (χ1v) is 11.0. The van der Waals surface area contributed by atoms with Crippen molar-refractivity contribution in [2.24, 2.45) is 5.10 Å². The van der Waals surface area contributed by atoms with Crippen LogP contribution in [0.25, 0.3) is 11.0 Å². The molecule has 11 heteroatoms. The average molecular weight is 446 g/mol. The van der Waals surface area contributed by atoms with Gasteiger partial charge in [-0.1, -0.05) is 19.3 Å². The third-order valence-corrected chi connectivity index (χ3v) is 6.63. The predicted octanol–water partition coefficient (Wildman–Crippen LogP) is 4.29. The topological polar surface area (TPSA) is 95.6 Å². The molecule has 5 rings (SSSR count). The number of hydrogen-bond donors (Lipinski definition) is 2. The summed E-state index contributed by atoms with van der Waals surface area (Å²) in [6.07, 6.45) is 5.71. The fourth-order valence-corrected chi connectivity index (χ4v) is 4.85. The van der Waals surface area contributed by atoms with E-state index in [1.54, 1.807) is 13.2 Å². The van der Waals surface area contributed by atoms with Crippen LogP contribution in [-0.4, -0.2) is 36.3 Å². The van der Waals surface area contributed by atoms with E-state index in [0.29, 0.717) is 18.5 Å². The molecule has 2 N–H and O–H groups in total. The number of nitrogens with zero attached hydrogens (tertiary/aromatic N) is 5. The molecule has 0 bridgehead atoms. The molecule has 1 unspecified atom stereocenters. The summed E-state index contributed by atoms with van der Waals surface area (Å²) in [7, 11) is 1.69. The fourth-order valence-electron chi connectivity index (χ4n) is 4.46. The number of aromatic nitrogens is 3. The Kier molecular flexibility index (Phi) is 4.74. The molecule has 31 heavy (non-hydrogen) atoms. The third-order valence-electron chi connectivity index (χ3n) is 5.97. The van der Waals surface area contributed by atoms with Crippen LogP contribution >= 0.6 is 0 Å². The number of benzene rings is 1. The number of rotatable bonds is 3. The van der Waals surface area contributed by atoms with Gasteiger partial charge in [-0.25, -0.2) is 18.6 Å². The second-order valence-corrected chi connectivity index (χ2v) is 8.80. The van der Waals surface area contributed by atoms with Crippen molar-refractivity contribution < 1.29 is 17.5 Å². The Morgan fingerprint density at radius 1 is 1.19 bits per heavy atom. The minimum Gasteiger partial charge on any atom is -0.322 e. The Morgan fingerprint density at radius 3 is 2.68 bits per heavy atom. The molecule has 1 saturated carbocycles. The minimum atomic E-state index is -2.28. The van der Waals surface area contributed by atoms with E-state index in [2.05, 4.69) is 20.4 Å². The van der Waals surface area contributed by atoms with Gasteiger partial charge in [0.2, 0.25) is 11.9 Å². The van der Waals surface area contributed by atoms with Gasteiger partial charge in [0.15, 0.2) is 11.1 Å². The molecule has 3 aromatic rings. The first-order valence-electron chi connectivity index (χ1n) is 9.94. The zero-order valence-electron chi connectivity index (χ0n) is 16.7. The number of halogens is 2. The van der Waals surface area contributed by atoms with E-state index in [0.717, 1.165) is 36.5 Å². The van der Waals surface area contributed by atoms with E-state index < -0.39 is 28.4 Å². The Bertz CT molecular complexity index is 1240. The molecular formula is C20H20F2N6O2S. The average Bonchev–Trinajstić information content (AvgIpc) is 3.14. The summed E-state index contributed by atoms with van der Waals surface area (Å²) in [5.74, 6) is -0.263.